The van der Waals surface area contributed by atoms with Crippen molar-refractivity contribution in [1.82, 2.24) is 14.8 Å². The van der Waals surface area contributed by atoms with E-state index in [0.717, 1.165) is 16.3 Å². The number of hydrogen-bond acceptors (Lipinski definition) is 4. The van der Waals surface area contributed by atoms with E-state index in [0.29, 0.717) is 38.9 Å². The SMILES string of the molecule is Cc1nc(CN(C)C(=O)[C@H]2CCC(=O)N(CCc3cccc(F)c3)C2)cs1. The minimum Gasteiger partial charge on any atom is -0.342 e. The molecule has 1 aromatic heterocycles. The highest BCUT2D eigenvalue weighted by atomic mass is 32.1. The fraction of sp³-hybridized carbons (Fsp3) is 0.450. The third-order valence-corrected chi connectivity index (χ3v) is 5.67. The van der Waals surface area contributed by atoms with Crippen LogP contribution >= 0.6 is 11.3 Å². The zero-order chi connectivity index (χ0) is 19.4. The van der Waals surface area contributed by atoms with Gasteiger partial charge in [-0.1, -0.05) is 12.1 Å². The van der Waals surface area contributed by atoms with Gasteiger partial charge in [-0.15, -0.1) is 11.3 Å². The Morgan fingerprint density at radius 2 is 2.26 bits per heavy atom. The van der Waals surface area contributed by atoms with Crippen LogP contribution in [-0.4, -0.2) is 46.7 Å². The van der Waals surface area contributed by atoms with Gasteiger partial charge in [-0.3, -0.25) is 9.59 Å². The number of benzene rings is 1. The molecule has 1 aliphatic heterocycles. The number of aromatic nitrogens is 1. The molecule has 2 amide bonds. The fourth-order valence-electron chi connectivity index (χ4n) is 3.40. The van der Waals surface area contributed by atoms with Gasteiger partial charge in [-0.2, -0.15) is 0 Å². The molecule has 0 unspecified atom stereocenters. The molecule has 27 heavy (non-hydrogen) atoms. The average molecular weight is 389 g/mol. The predicted molar refractivity (Wildman–Crippen MR) is 103 cm³/mol. The average Bonchev–Trinajstić information content (AvgIpc) is 3.05. The van der Waals surface area contributed by atoms with Crippen LogP contribution in [-0.2, 0) is 22.6 Å². The lowest BCUT2D eigenvalue weighted by atomic mass is 9.95. The normalized spacial score (nSPS) is 17.2. The molecule has 7 heteroatoms. The Bertz CT molecular complexity index is 823. The number of carbonyl (C=O) groups is 2. The molecule has 0 bridgehead atoms. The minimum absolute atomic E-state index is 0.0453. The number of carbonyl (C=O) groups excluding carboxylic acids is 2. The monoisotopic (exact) mass is 389 g/mol. The Labute approximate surface area is 162 Å². The standard InChI is InChI=1S/C20H24FN3O2S/c1-14-22-18(13-27-14)12-23(2)20(26)16-6-7-19(25)24(11-16)9-8-15-4-3-5-17(21)10-15/h3-5,10,13,16H,6-9,11-12H2,1-2H3/t16-/m0/s1. The highest BCUT2D eigenvalue weighted by Gasteiger charge is 2.31. The van der Waals surface area contributed by atoms with E-state index in [-0.39, 0.29) is 23.5 Å². The van der Waals surface area contributed by atoms with Crippen LogP contribution in [0.5, 0.6) is 0 Å². The number of amides is 2. The quantitative estimate of drug-likeness (QED) is 0.763. The van der Waals surface area contributed by atoms with Gasteiger partial charge in [-0.05, 0) is 37.5 Å². The van der Waals surface area contributed by atoms with Crippen LogP contribution in [0.15, 0.2) is 29.6 Å². The molecule has 0 radical (unpaired) electrons. The lowest BCUT2D eigenvalue weighted by molar-refractivity contribution is -0.142. The summed E-state index contributed by atoms with van der Waals surface area (Å²) in [6, 6.07) is 6.42. The molecule has 1 aliphatic rings. The van der Waals surface area contributed by atoms with Gasteiger partial charge < -0.3 is 9.80 Å². The number of rotatable bonds is 6. The van der Waals surface area contributed by atoms with E-state index >= 15 is 0 Å². The van der Waals surface area contributed by atoms with E-state index in [9.17, 15) is 14.0 Å². The first-order valence-corrected chi connectivity index (χ1v) is 9.98. The molecule has 0 saturated carbocycles. The lowest BCUT2D eigenvalue weighted by Crippen LogP contribution is -2.46. The predicted octanol–water partition coefficient (Wildman–Crippen LogP) is 3.03. The van der Waals surface area contributed by atoms with Crippen LogP contribution < -0.4 is 0 Å². The summed E-state index contributed by atoms with van der Waals surface area (Å²) in [6.07, 6.45) is 1.54. The Morgan fingerprint density at radius 3 is 2.96 bits per heavy atom. The second-order valence-corrected chi connectivity index (χ2v) is 8.07. The van der Waals surface area contributed by atoms with E-state index < -0.39 is 0 Å². The van der Waals surface area contributed by atoms with Crippen LogP contribution in [0.3, 0.4) is 0 Å². The molecule has 0 spiro atoms. The Hall–Kier alpha value is -2.28. The summed E-state index contributed by atoms with van der Waals surface area (Å²) >= 11 is 1.57. The van der Waals surface area contributed by atoms with Crippen molar-refractivity contribution in [1.29, 1.82) is 0 Å². The Kier molecular flexibility index (Phi) is 6.21. The first kappa shape index (κ1) is 19.5. The summed E-state index contributed by atoms with van der Waals surface area (Å²) < 4.78 is 13.3. The van der Waals surface area contributed by atoms with Crippen LogP contribution in [0.25, 0.3) is 0 Å². The maximum Gasteiger partial charge on any atom is 0.227 e. The van der Waals surface area contributed by atoms with E-state index in [1.165, 1.54) is 12.1 Å². The van der Waals surface area contributed by atoms with Crippen LogP contribution in [0, 0.1) is 18.7 Å². The molecule has 0 aliphatic carbocycles. The van der Waals surface area contributed by atoms with Crippen molar-refractivity contribution >= 4 is 23.2 Å². The van der Waals surface area contributed by atoms with E-state index in [4.69, 9.17) is 0 Å². The number of aryl methyl sites for hydroxylation is 1. The van der Waals surface area contributed by atoms with Gasteiger partial charge in [0.25, 0.3) is 0 Å². The molecular formula is C20H24FN3O2S. The van der Waals surface area contributed by atoms with E-state index in [1.807, 2.05) is 18.4 Å². The second-order valence-electron chi connectivity index (χ2n) is 7.01. The van der Waals surface area contributed by atoms with Crippen molar-refractivity contribution in [3.05, 3.63) is 51.7 Å². The van der Waals surface area contributed by atoms with Gasteiger partial charge in [0.05, 0.1) is 23.2 Å². The van der Waals surface area contributed by atoms with Gasteiger partial charge in [0.1, 0.15) is 5.82 Å². The first-order chi connectivity index (χ1) is 12.9. The number of hydrogen-bond donors (Lipinski definition) is 0. The number of likely N-dealkylation sites (tertiary alicyclic amines) is 1. The molecule has 3 rings (SSSR count). The highest BCUT2D eigenvalue weighted by Crippen LogP contribution is 2.21. The Balaban J connectivity index is 1.56. The summed E-state index contributed by atoms with van der Waals surface area (Å²) in [5, 5.41) is 2.95. The highest BCUT2D eigenvalue weighted by molar-refractivity contribution is 7.09. The van der Waals surface area contributed by atoms with Crippen molar-refractivity contribution in [3.8, 4) is 0 Å². The number of thiazole rings is 1. The number of halogens is 1. The molecule has 5 nitrogen and oxygen atoms in total. The topological polar surface area (TPSA) is 53.5 Å². The molecule has 1 saturated heterocycles. The van der Waals surface area contributed by atoms with Gasteiger partial charge >= 0.3 is 0 Å². The van der Waals surface area contributed by atoms with Crippen molar-refractivity contribution in [3.63, 3.8) is 0 Å². The smallest absolute Gasteiger partial charge is 0.227 e. The Morgan fingerprint density at radius 1 is 1.44 bits per heavy atom. The van der Waals surface area contributed by atoms with E-state index in [1.54, 1.807) is 34.3 Å². The third-order valence-electron chi connectivity index (χ3n) is 4.85. The van der Waals surface area contributed by atoms with Gasteiger partial charge in [-0.25, -0.2) is 9.37 Å². The van der Waals surface area contributed by atoms with Gasteiger partial charge in [0.15, 0.2) is 0 Å². The first-order valence-electron chi connectivity index (χ1n) is 9.10. The molecule has 1 atom stereocenters. The second kappa shape index (κ2) is 8.61. The third kappa shape index (κ3) is 5.13. The largest absolute Gasteiger partial charge is 0.342 e. The number of piperidine rings is 1. The molecule has 144 valence electrons. The van der Waals surface area contributed by atoms with Crippen LogP contribution in [0.4, 0.5) is 4.39 Å². The van der Waals surface area contributed by atoms with Crippen molar-refractivity contribution in [2.75, 3.05) is 20.1 Å². The number of nitrogens with zero attached hydrogens (tertiary/aromatic N) is 3. The summed E-state index contributed by atoms with van der Waals surface area (Å²) in [5.41, 5.74) is 1.75. The van der Waals surface area contributed by atoms with E-state index in [2.05, 4.69) is 4.98 Å². The molecule has 1 fully saturated rings. The van der Waals surface area contributed by atoms with Gasteiger partial charge in [0, 0.05) is 31.9 Å². The molecule has 0 N–H and O–H groups in total. The minimum atomic E-state index is -0.274. The lowest BCUT2D eigenvalue weighted by Gasteiger charge is -2.33. The van der Waals surface area contributed by atoms with Crippen LogP contribution in [0.1, 0.15) is 29.1 Å². The molecule has 1 aromatic carbocycles. The van der Waals surface area contributed by atoms with Crippen LogP contribution in [0.2, 0.25) is 0 Å². The van der Waals surface area contributed by atoms with Gasteiger partial charge in [0.2, 0.25) is 11.8 Å². The summed E-state index contributed by atoms with van der Waals surface area (Å²) in [5.74, 6) is -0.360. The molecule has 2 aromatic rings. The maximum atomic E-state index is 13.3. The van der Waals surface area contributed by atoms with Crippen molar-refractivity contribution in [2.45, 2.75) is 32.7 Å². The van der Waals surface area contributed by atoms with Crippen molar-refractivity contribution in [2.24, 2.45) is 5.92 Å². The maximum absolute atomic E-state index is 13.3. The zero-order valence-corrected chi connectivity index (χ0v) is 16.5. The summed E-state index contributed by atoms with van der Waals surface area (Å²) in [4.78, 5) is 32.9. The summed E-state index contributed by atoms with van der Waals surface area (Å²) in [7, 11) is 1.78. The zero-order valence-electron chi connectivity index (χ0n) is 15.7. The molecular weight excluding hydrogens is 365 g/mol. The molecule has 2 heterocycles. The summed E-state index contributed by atoms with van der Waals surface area (Å²) in [6.45, 7) is 3.35. The van der Waals surface area contributed by atoms with Crippen molar-refractivity contribution < 1.29 is 14.0 Å². The fourth-order valence-corrected chi connectivity index (χ4v) is 4.01.